The summed E-state index contributed by atoms with van der Waals surface area (Å²) in [5.74, 6) is 0.244. The van der Waals surface area contributed by atoms with Crippen LogP contribution in [0.5, 0.6) is 5.75 Å². The van der Waals surface area contributed by atoms with Crippen LogP contribution in [0, 0.1) is 0 Å². The molecule has 0 aliphatic carbocycles. The Kier molecular flexibility index (Phi) is 8.72. The van der Waals surface area contributed by atoms with E-state index in [-0.39, 0.29) is 36.5 Å². The first kappa shape index (κ1) is 23.8. The number of hydrogen-bond acceptors (Lipinski definition) is 3. The molecule has 3 atom stereocenters. The molecule has 1 aliphatic rings. The summed E-state index contributed by atoms with van der Waals surface area (Å²) in [5, 5.41) is 0. The average Bonchev–Trinajstić information content (AvgIpc) is 3.03. The lowest BCUT2D eigenvalue weighted by Crippen LogP contribution is -2.41. The van der Waals surface area contributed by atoms with E-state index in [0.29, 0.717) is 5.75 Å². The second kappa shape index (κ2) is 11.7. The number of unbranched alkanes of at least 4 members (excludes halogenated alkanes) is 4. The molecule has 1 fully saturated rings. The molecule has 0 saturated carbocycles. The molecule has 1 saturated heterocycles. The van der Waals surface area contributed by atoms with Gasteiger partial charge in [-0.3, -0.25) is 4.79 Å². The molecule has 5 heteroatoms. The van der Waals surface area contributed by atoms with Crippen molar-refractivity contribution in [3.05, 3.63) is 66.2 Å². The number of rotatable bonds is 11. The zero-order valence-corrected chi connectivity index (χ0v) is 19.6. The molecule has 0 aromatic heterocycles. The number of nitrogens with zero attached hydrogens (tertiary/aromatic N) is 2. The van der Waals surface area contributed by atoms with Gasteiger partial charge >= 0.3 is 12.0 Å². The zero-order chi connectivity index (χ0) is 22.9. The van der Waals surface area contributed by atoms with E-state index in [1.165, 1.54) is 19.3 Å². The molecule has 32 heavy (non-hydrogen) atoms. The number of carbonyl (C=O) groups is 2. The SMILES string of the molecule is CCCCCCC[C@@H](CC(=O)Oc1ccccc1)N1C(=O)N(C)[C@@H](C)[C@H]1c1ccccc1. The van der Waals surface area contributed by atoms with Crippen LogP contribution in [0.4, 0.5) is 4.79 Å². The van der Waals surface area contributed by atoms with Gasteiger partial charge in [0, 0.05) is 13.1 Å². The Morgan fingerprint density at radius 1 is 0.969 bits per heavy atom. The predicted octanol–water partition coefficient (Wildman–Crippen LogP) is 6.21. The van der Waals surface area contributed by atoms with Gasteiger partial charge in [0.2, 0.25) is 0 Å². The van der Waals surface area contributed by atoms with Crippen LogP contribution in [-0.4, -0.2) is 40.9 Å². The van der Waals surface area contributed by atoms with Crippen LogP contribution >= 0.6 is 0 Å². The maximum Gasteiger partial charge on any atom is 0.320 e. The van der Waals surface area contributed by atoms with Gasteiger partial charge in [0.05, 0.1) is 18.5 Å². The fourth-order valence-corrected chi connectivity index (χ4v) is 4.57. The number of esters is 1. The fourth-order valence-electron chi connectivity index (χ4n) is 4.57. The molecule has 5 nitrogen and oxygen atoms in total. The maximum atomic E-state index is 13.3. The van der Waals surface area contributed by atoms with E-state index < -0.39 is 0 Å². The molecule has 0 N–H and O–H groups in total. The lowest BCUT2D eigenvalue weighted by Gasteiger charge is -2.33. The highest BCUT2D eigenvalue weighted by Gasteiger charge is 2.45. The van der Waals surface area contributed by atoms with Gasteiger partial charge in [-0.15, -0.1) is 0 Å². The molecule has 1 aliphatic heterocycles. The largest absolute Gasteiger partial charge is 0.426 e. The number of carbonyl (C=O) groups excluding carboxylic acids is 2. The number of hydrogen-bond donors (Lipinski definition) is 0. The van der Waals surface area contributed by atoms with E-state index in [1.807, 2.05) is 48.3 Å². The smallest absolute Gasteiger partial charge is 0.320 e. The molecule has 0 spiro atoms. The summed E-state index contributed by atoms with van der Waals surface area (Å²) >= 11 is 0. The summed E-state index contributed by atoms with van der Waals surface area (Å²) < 4.78 is 5.59. The third kappa shape index (κ3) is 5.90. The molecule has 2 amide bonds. The Morgan fingerprint density at radius 2 is 1.59 bits per heavy atom. The van der Waals surface area contributed by atoms with E-state index in [0.717, 1.165) is 24.8 Å². The maximum absolute atomic E-state index is 13.3. The number of likely N-dealkylation sites (N-methyl/N-ethyl adjacent to an activating group) is 1. The molecular formula is C27H36N2O3. The van der Waals surface area contributed by atoms with E-state index in [2.05, 4.69) is 26.0 Å². The van der Waals surface area contributed by atoms with Crippen LogP contribution in [0.1, 0.15) is 70.4 Å². The first-order chi connectivity index (χ1) is 15.5. The van der Waals surface area contributed by atoms with Crippen LogP contribution in [-0.2, 0) is 4.79 Å². The Labute approximate surface area is 192 Å². The second-order valence-corrected chi connectivity index (χ2v) is 8.74. The highest BCUT2D eigenvalue weighted by atomic mass is 16.5. The minimum absolute atomic E-state index is 0.0163. The molecule has 1 heterocycles. The minimum Gasteiger partial charge on any atom is -0.426 e. The second-order valence-electron chi connectivity index (χ2n) is 8.74. The third-order valence-electron chi connectivity index (χ3n) is 6.44. The molecule has 3 rings (SSSR count). The van der Waals surface area contributed by atoms with Crippen LogP contribution < -0.4 is 4.74 Å². The Balaban J connectivity index is 1.80. The van der Waals surface area contributed by atoms with Gasteiger partial charge in [-0.2, -0.15) is 0 Å². The number of urea groups is 1. The summed E-state index contributed by atoms with van der Waals surface area (Å²) in [5.41, 5.74) is 1.10. The van der Waals surface area contributed by atoms with E-state index in [1.54, 1.807) is 17.0 Å². The predicted molar refractivity (Wildman–Crippen MR) is 128 cm³/mol. The van der Waals surface area contributed by atoms with Gasteiger partial charge in [0.15, 0.2) is 0 Å². The lowest BCUT2D eigenvalue weighted by molar-refractivity contribution is -0.135. The van der Waals surface area contributed by atoms with Crippen molar-refractivity contribution < 1.29 is 14.3 Å². The molecular weight excluding hydrogens is 400 g/mol. The molecule has 0 radical (unpaired) electrons. The van der Waals surface area contributed by atoms with Gasteiger partial charge in [-0.1, -0.05) is 87.6 Å². The number of para-hydroxylation sites is 1. The molecule has 2 aromatic carbocycles. The molecule has 0 bridgehead atoms. The Hall–Kier alpha value is -2.82. The first-order valence-corrected chi connectivity index (χ1v) is 11.9. The highest BCUT2D eigenvalue weighted by Crippen LogP contribution is 2.38. The minimum atomic E-state index is -0.295. The monoisotopic (exact) mass is 436 g/mol. The third-order valence-corrected chi connectivity index (χ3v) is 6.44. The van der Waals surface area contributed by atoms with Gasteiger partial charge in [0.25, 0.3) is 0 Å². The fraction of sp³-hybridized carbons (Fsp3) is 0.481. The number of benzene rings is 2. The van der Waals surface area contributed by atoms with Crippen LogP contribution in [0.15, 0.2) is 60.7 Å². The van der Waals surface area contributed by atoms with Crippen molar-refractivity contribution in [3.8, 4) is 5.75 Å². The normalized spacial score (nSPS) is 19.3. The standard InChI is InChI=1S/C27H36N2O3/c1-4-5-6-7-12-17-23(20-25(30)32-24-18-13-9-14-19-24)29-26(21(2)28(3)27(29)31)22-15-10-8-11-16-22/h8-11,13-16,18-19,21,23,26H,4-7,12,17,20H2,1-3H3/t21-,23-,26-/m0/s1. The van der Waals surface area contributed by atoms with E-state index in [4.69, 9.17) is 4.74 Å². The summed E-state index contributed by atoms with van der Waals surface area (Å²) in [7, 11) is 1.85. The van der Waals surface area contributed by atoms with Gasteiger partial charge in [-0.05, 0) is 31.0 Å². The summed E-state index contributed by atoms with van der Waals surface area (Å²) in [4.78, 5) is 29.9. The van der Waals surface area contributed by atoms with Crippen molar-refractivity contribution in [2.24, 2.45) is 0 Å². The van der Waals surface area contributed by atoms with E-state index in [9.17, 15) is 9.59 Å². The quantitative estimate of drug-likeness (QED) is 0.239. The van der Waals surface area contributed by atoms with Crippen LogP contribution in [0.25, 0.3) is 0 Å². The van der Waals surface area contributed by atoms with Crippen molar-refractivity contribution >= 4 is 12.0 Å². The first-order valence-electron chi connectivity index (χ1n) is 11.9. The van der Waals surface area contributed by atoms with Crippen LogP contribution in [0.3, 0.4) is 0 Å². The van der Waals surface area contributed by atoms with E-state index >= 15 is 0 Å². The molecule has 2 aromatic rings. The van der Waals surface area contributed by atoms with Crippen molar-refractivity contribution in [2.45, 2.75) is 76.9 Å². The average molecular weight is 437 g/mol. The Bertz CT molecular complexity index is 856. The number of ether oxygens (including phenoxy) is 1. The Morgan fingerprint density at radius 3 is 2.25 bits per heavy atom. The highest BCUT2D eigenvalue weighted by molar-refractivity contribution is 5.80. The van der Waals surface area contributed by atoms with Crippen molar-refractivity contribution in [1.82, 2.24) is 9.80 Å². The van der Waals surface area contributed by atoms with Crippen LogP contribution in [0.2, 0.25) is 0 Å². The topological polar surface area (TPSA) is 49.9 Å². The molecule has 172 valence electrons. The number of amides is 2. The lowest BCUT2D eigenvalue weighted by atomic mass is 9.96. The van der Waals surface area contributed by atoms with Crippen molar-refractivity contribution in [2.75, 3.05) is 7.05 Å². The zero-order valence-electron chi connectivity index (χ0n) is 19.6. The van der Waals surface area contributed by atoms with Crippen molar-refractivity contribution in [1.29, 1.82) is 0 Å². The summed E-state index contributed by atoms with van der Waals surface area (Å²) in [6.07, 6.45) is 6.69. The molecule has 0 unspecified atom stereocenters. The van der Waals surface area contributed by atoms with Gasteiger partial charge in [-0.25, -0.2) is 4.79 Å². The van der Waals surface area contributed by atoms with Gasteiger partial charge in [0.1, 0.15) is 5.75 Å². The van der Waals surface area contributed by atoms with Crippen molar-refractivity contribution in [3.63, 3.8) is 0 Å². The summed E-state index contributed by atoms with van der Waals surface area (Å²) in [6.45, 7) is 4.28. The summed E-state index contributed by atoms with van der Waals surface area (Å²) in [6, 6.07) is 19.0. The van der Waals surface area contributed by atoms with Gasteiger partial charge < -0.3 is 14.5 Å².